The molecule has 0 aliphatic carbocycles. The van der Waals surface area contributed by atoms with E-state index in [9.17, 15) is 9.50 Å². The van der Waals surface area contributed by atoms with Crippen molar-refractivity contribution in [2.45, 2.75) is 12.5 Å². The van der Waals surface area contributed by atoms with Crippen LogP contribution < -0.4 is 0 Å². The van der Waals surface area contributed by atoms with Gasteiger partial charge in [-0.25, -0.2) is 4.39 Å². The Kier molecular flexibility index (Phi) is 3.57. The molecule has 2 nitrogen and oxygen atoms in total. The Morgan fingerprint density at radius 1 is 1.11 bits per heavy atom. The topological polar surface area (TPSA) is 33.1 Å². The van der Waals surface area contributed by atoms with Crippen molar-refractivity contribution >= 4 is 23.2 Å². The molecule has 1 heterocycles. The Balaban J connectivity index is 2.50. The van der Waals surface area contributed by atoms with E-state index in [0.29, 0.717) is 21.2 Å². The van der Waals surface area contributed by atoms with Crippen LogP contribution in [0.4, 0.5) is 4.39 Å². The van der Waals surface area contributed by atoms with Gasteiger partial charge in [-0.15, -0.1) is 0 Å². The van der Waals surface area contributed by atoms with Gasteiger partial charge in [0.25, 0.3) is 0 Å². The Bertz CT molecular complexity index is 587. The average Bonchev–Trinajstić information content (AvgIpc) is 2.32. The number of pyridine rings is 1. The fourth-order valence-corrected chi connectivity index (χ4v) is 1.94. The van der Waals surface area contributed by atoms with Gasteiger partial charge in [-0.1, -0.05) is 29.3 Å². The molecule has 94 valence electrons. The number of aromatic nitrogens is 1. The van der Waals surface area contributed by atoms with Gasteiger partial charge in [0.1, 0.15) is 11.4 Å². The molecule has 5 heteroatoms. The van der Waals surface area contributed by atoms with Crippen molar-refractivity contribution in [3.8, 4) is 0 Å². The molecule has 1 aromatic heterocycles. The lowest BCUT2D eigenvalue weighted by Gasteiger charge is -2.24. The largest absolute Gasteiger partial charge is 0.381 e. The summed E-state index contributed by atoms with van der Waals surface area (Å²) in [4.78, 5) is 3.72. The summed E-state index contributed by atoms with van der Waals surface area (Å²) in [5.74, 6) is -0.507. The van der Waals surface area contributed by atoms with E-state index in [4.69, 9.17) is 23.2 Å². The molecule has 1 unspecified atom stereocenters. The molecule has 1 atom stereocenters. The van der Waals surface area contributed by atoms with Crippen molar-refractivity contribution in [3.05, 3.63) is 63.6 Å². The minimum atomic E-state index is -1.39. The molecule has 0 radical (unpaired) electrons. The molecule has 0 fully saturated rings. The van der Waals surface area contributed by atoms with E-state index < -0.39 is 11.4 Å². The number of benzene rings is 1. The maximum Gasteiger partial charge on any atom is 0.141 e. The van der Waals surface area contributed by atoms with E-state index in [-0.39, 0.29) is 0 Å². The van der Waals surface area contributed by atoms with E-state index >= 15 is 0 Å². The molecule has 0 aliphatic heterocycles. The van der Waals surface area contributed by atoms with Gasteiger partial charge in [-0.3, -0.25) is 4.98 Å². The van der Waals surface area contributed by atoms with E-state index in [1.165, 1.54) is 12.3 Å². The van der Waals surface area contributed by atoms with E-state index in [0.717, 1.165) is 6.20 Å². The summed E-state index contributed by atoms with van der Waals surface area (Å²) in [5, 5.41) is 11.2. The summed E-state index contributed by atoms with van der Waals surface area (Å²) in [6.45, 7) is 1.54. The van der Waals surface area contributed by atoms with Crippen molar-refractivity contribution in [3.63, 3.8) is 0 Å². The number of aliphatic hydroxyl groups is 1. The van der Waals surface area contributed by atoms with Gasteiger partial charge >= 0.3 is 0 Å². The van der Waals surface area contributed by atoms with E-state index in [1.807, 2.05) is 0 Å². The third-order valence-electron chi connectivity index (χ3n) is 2.75. The van der Waals surface area contributed by atoms with Crippen LogP contribution in [0.5, 0.6) is 0 Å². The smallest absolute Gasteiger partial charge is 0.141 e. The molecule has 0 saturated carbocycles. The van der Waals surface area contributed by atoms with Crippen LogP contribution >= 0.6 is 23.2 Å². The normalized spacial score (nSPS) is 14.3. The van der Waals surface area contributed by atoms with Crippen LogP contribution in [0, 0.1) is 5.82 Å². The monoisotopic (exact) mass is 285 g/mol. The highest BCUT2D eigenvalue weighted by Gasteiger charge is 2.27. The maximum atomic E-state index is 13.1. The molecule has 18 heavy (non-hydrogen) atoms. The van der Waals surface area contributed by atoms with Gasteiger partial charge in [-0.05, 0) is 30.7 Å². The number of halogens is 3. The van der Waals surface area contributed by atoms with E-state index in [1.54, 1.807) is 25.1 Å². The molecule has 1 aromatic carbocycles. The Morgan fingerprint density at radius 3 is 2.44 bits per heavy atom. The zero-order valence-electron chi connectivity index (χ0n) is 9.49. The van der Waals surface area contributed by atoms with Crippen molar-refractivity contribution in [1.29, 1.82) is 0 Å². The first-order chi connectivity index (χ1) is 8.41. The van der Waals surface area contributed by atoms with Gasteiger partial charge in [0.05, 0.1) is 16.2 Å². The first-order valence-corrected chi connectivity index (χ1v) is 5.96. The third kappa shape index (κ3) is 2.48. The van der Waals surface area contributed by atoms with Crippen LogP contribution in [0.15, 0.2) is 36.7 Å². The van der Waals surface area contributed by atoms with Gasteiger partial charge in [-0.2, -0.15) is 0 Å². The fraction of sp³-hybridized carbons (Fsp3) is 0.154. The quantitative estimate of drug-likeness (QED) is 0.911. The van der Waals surface area contributed by atoms with Crippen LogP contribution in [-0.2, 0) is 5.60 Å². The number of nitrogens with zero attached hydrogens (tertiary/aromatic N) is 1. The number of hydrogen-bond acceptors (Lipinski definition) is 2. The number of hydrogen-bond donors (Lipinski definition) is 1. The standard InChI is InChI=1S/C13H10Cl2FNO/c1-13(18,9-4-10(16)7-17-6-9)8-2-3-11(14)12(15)5-8/h2-7,18H,1H3. The predicted octanol–water partition coefficient (Wildman–Crippen LogP) is 3.78. The van der Waals surface area contributed by atoms with Gasteiger partial charge < -0.3 is 5.11 Å². The Morgan fingerprint density at radius 2 is 1.83 bits per heavy atom. The summed E-state index contributed by atoms with van der Waals surface area (Å²) in [6.07, 6.45) is 2.49. The molecule has 1 N–H and O–H groups in total. The highest BCUT2D eigenvalue weighted by atomic mass is 35.5. The lowest BCUT2D eigenvalue weighted by molar-refractivity contribution is 0.101. The zero-order valence-corrected chi connectivity index (χ0v) is 11.0. The second kappa shape index (κ2) is 4.84. The maximum absolute atomic E-state index is 13.1. The summed E-state index contributed by atoms with van der Waals surface area (Å²) >= 11 is 11.7. The average molecular weight is 286 g/mol. The molecule has 0 bridgehead atoms. The Hall–Kier alpha value is -1.16. The number of rotatable bonds is 2. The molecule has 2 aromatic rings. The molecule has 0 saturated heterocycles. The molecule has 0 spiro atoms. The van der Waals surface area contributed by atoms with Crippen molar-refractivity contribution in [2.24, 2.45) is 0 Å². The summed E-state index contributed by atoms with van der Waals surface area (Å²) in [7, 11) is 0. The van der Waals surface area contributed by atoms with E-state index in [2.05, 4.69) is 4.98 Å². The lowest BCUT2D eigenvalue weighted by Crippen LogP contribution is -2.23. The minimum Gasteiger partial charge on any atom is -0.381 e. The van der Waals surface area contributed by atoms with Crippen LogP contribution in [-0.4, -0.2) is 10.1 Å². The zero-order chi connectivity index (χ0) is 13.3. The first-order valence-electron chi connectivity index (χ1n) is 5.20. The van der Waals surface area contributed by atoms with Crippen molar-refractivity contribution in [1.82, 2.24) is 4.98 Å². The third-order valence-corrected chi connectivity index (χ3v) is 3.49. The second-order valence-electron chi connectivity index (χ2n) is 4.09. The fourth-order valence-electron chi connectivity index (χ4n) is 1.64. The van der Waals surface area contributed by atoms with Crippen molar-refractivity contribution in [2.75, 3.05) is 0 Å². The van der Waals surface area contributed by atoms with Crippen molar-refractivity contribution < 1.29 is 9.50 Å². The summed E-state index contributed by atoms with van der Waals surface area (Å²) in [5.41, 5.74) is -0.520. The predicted molar refractivity (Wildman–Crippen MR) is 69.3 cm³/mol. The summed E-state index contributed by atoms with van der Waals surface area (Å²) in [6, 6.07) is 6.00. The lowest BCUT2D eigenvalue weighted by atomic mass is 9.89. The molecular weight excluding hydrogens is 276 g/mol. The van der Waals surface area contributed by atoms with Gasteiger partial charge in [0.2, 0.25) is 0 Å². The molecule has 2 rings (SSSR count). The first kappa shape index (κ1) is 13.3. The minimum absolute atomic E-state index is 0.332. The van der Waals surface area contributed by atoms with Gasteiger partial charge in [0.15, 0.2) is 0 Å². The highest BCUT2D eigenvalue weighted by molar-refractivity contribution is 6.42. The highest BCUT2D eigenvalue weighted by Crippen LogP contribution is 2.33. The van der Waals surface area contributed by atoms with Crippen LogP contribution in [0.2, 0.25) is 10.0 Å². The molecule has 0 aliphatic rings. The molecular formula is C13H10Cl2FNO. The van der Waals surface area contributed by atoms with Crippen LogP contribution in [0.3, 0.4) is 0 Å². The second-order valence-corrected chi connectivity index (χ2v) is 4.91. The SMILES string of the molecule is CC(O)(c1cncc(F)c1)c1ccc(Cl)c(Cl)c1. The Labute approximate surface area is 114 Å². The van der Waals surface area contributed by atoms with Crippen LogP contribution in [0.1, 0.15) is 18.1 Å². The molecule has 0 amide bonds. The summed E-state index contributed by atoms with van der Waals surface area (Å²) < 4.78 is 13.1. The van der Waals surface area contributed by atoms with Gasteiger partial charge in [0, 0.05) is 11.8 Å². The van der Waals surface area contributed by atoms with Crippen LogP contribution in [0.25, 0.3) is 0 Å².